The van der Waals surface area contributed by atoms with Crippen molar-refractivity contribution in [2.75, 3.05) is 0 Å². The van der Waals surface area contributed by atoms with Crippen LogP contribution in [0.3, 0.4) is 0 Å². The van der Waals surface area contributed by atoms with Crippen LogP contribution in [0.15, 0.2) is 96.6 Å². The van der Waals surface area contributed by atoms with Gasteiger partial charge in [0.1, 0.15) is 0 Å². The van der Waals surface area contributed by atoms with E-state index in [4.69, 9.17) is 11.6 Å². The van der Waals surface area contributed by atoms with Gasteiger partial charge in [0.2, 0.25) is 0 Å². The van der Waals surface area contributed by atoms with E-state index < -0.39 is 0 Å². The maximum atomic E-state index is 6.31. The molecule has 5 aromatic carbocycles. The van der Waals surface area contributed by atoms with Gasteiger partial charge in [0.15, 0.2) is 0 Å². The number of benzene rings is 4. The summed E-state index contributed by atoms with van der Waals surface area (Å²) in [7, 11) is 1.08. The number of fused-ring (bicyclic) bond motifs is 4. The van der Waals surface area contributed by atoms with Crippen LogP contribution in [0.2, 0.25) is 18.1 Å². The van der Waals surface area contributed by atoms with E-state index in [1.165, 1.54) is 54.9 Å². The van der Waals surface area contributed by atoms with E-state index in [9.17, 15) is 0 Å². The van der Waals surface area contributed by atoms with Crippen molar-refractivity contribution < 1.29 is 51.0 Å². The van der Waals surface area contributed by atoms with Gasteiger partial charge in [-0.1, -0.05) is 116 Å². The maximum absolute atomic E-state index is 6.31. The molecule has 185 valence electrons. The van der Waals surface area contributed by atoms with Crippen molar-refractivity contribution in [2.45, 2.75) is 32.4 Å². The van der Waals surface area contributed by atoms with Crippen LogP contribution >= 0.6 is 11.6 Å². The number of hydrogen-bond acceptors (Lipinski definition) is 0. The monoisotopic (exact) mass is 635 g/mol. The first-order valence-corrected chi connectivity index (χ1v) is 14.3. The summed E-state index contributed by atoms with van der Waals surface area (Å²) in [4.78, 5) is 0. The zero-order valence-corrected chi connectivity index (χ0v) is 26.9. The van der Waals surface area contributed by atoms with Crippen LogP contribution in [0.4, 0.5) is 0 Å². The molecule has 1 aliphatic rings. The first kappa shape index (κ1) is 31.7. The first-order chi connectivity index (χ1) is 16.7. The Labute approximate surface area is 259 Å². The number of rotatable bonds is 3. The van der Waals surface area contributed by atoms with Crippen molar-refractivity contribution in [3.63, 3.8) is 0 Å². The van der Waals surface area contributed by atoms with Crippen LogP contribution in [0.5, 0.6) is 0 Å². The van der Waals surface area contributed by atoms with Gasteiger partial charge >= 0.3 is 26.2 Å². The Balaban J connectivity index is 0.000000767. The minimum absolute atomic E-state index is 0. The second-order valence-electron chi connectivity index (χ2n) is 8.86. The van der Waals surface area contributed by atoms with Crippen LogP contribution < -0.4 is 24.8 Å². The summed E-state index contributed by atoms with van der Waals surface area (Å²) in [5.74, 6) is 0.291. The second kappa shape index (κ2) is 14.0. The molecule has 0 saturated carbocycles. The fourth-order valence-corrected chi connectivity index (χ4v) is 5.49. The van der Waals surface area contributed by atoms with Crippen LogP contribution in [0.1, 0.15) is 36.0 Å². The summed E-state index contributed by atoms with van der Waals surface area (Å²) in [6.07, 6.45) is 3.45. The molecule has 5 heteroatoms. The molecular formula is C32H28Cl3SiZr. The van der Waals surface area contributed by atoms with Gasteiger partial charge in [0.25, 0.3) is 0 Å². The third kappa shape index (κ3) is 6.05. The van der Waals surface area contributed by atoms with E-state index in [-0.39, 0.29) is 51.0 Å². The molecule has 0 heterocycles. The third-order valence-corrected chi connectivity index (χ3v) is 6.93. The van der Waals surface area contributed by atoms with Gasteiger partial charge in [-0.25, -0.2) is 0 Å². The number of halogens is 3. The smallest absolute Gasteiger partial charge is 1.00 e. The molecule has 0 fully saturated rings. The molecule has 0 N–H and O–H groups in total. The Morgan fingerprint density at radius 3 is 2.19 bits per heavy atom. The standard InChI is InChI=1S/C30H22Cl.C2H6Si.2ClH.Zr/c1-2-19-17-28-24(20-9-5-10-22(31)16-20)12-6-14-26(28)30(19)27-15-7-13-25-23-11-4-3-8-21(23)18-29(25)27;1-3-2;;;/h3-18,30H,2H2,1H3;1-2H3;2*1H;/q-1;;;;+3/p-2. The van der Waals surface area contributed by atoms with E-state index in [1.54, 1.807) is 0 Å². The predicted molar refractivity (Wildman–Crippen MR) is 152 cm³/mol. The molecular weight excluding hydrogens is 610 g/mol. The van der Waals surface area contributed by atoms with Gasteiger partial charge in [0, 0.05) is 20.5 Å². The van der Waals surface area contributed by atoms with Crippen molar-refractivity contribution in [3.05, 3.63) is 118 Å². The molecule has 1 aliphatic carbocycles. The largest absolute Gasteiger partial charge is 3.00 e. The van der Waals surface area contributed by atoms with Crippen molar-refractivity contribution in [1.82, 2.24) is 0 Å². The van der Waals surface area contributed by atoms with E-state index in [2.05, 4.69) is 105 Å². The Morgan fingerprint density at radius 2 is 1.46 bits per heavy atom. The predicted octanol–water partition coefficient (Wildman–Crippen LogP) is 3.76. The van der Waals surface area contributed by atoms with Crippen molar-refractivity contribution in [3.8, 4) is 11.1 Å². The van der Waals surface area contributed by atoms with Crippen LogP contribution in [0.25, 0.3) is 38.7 Å². The summed E-state index contributed by atoms with van der Waals surface area (Å²) in [6, 6.07) is 32.8. The molecule has 3 radical (unpaired) electrons. The molecule has 0 saturated heterocycles. The molecule has 0 amide bonds. The zero-order chi connectivity index (χ0) is 23.7. The van der Waals surface area contributed by atoms with Crippen molar-refractivity contribution in [1.29, 1.82) is 0 Å². The molecule has 37 heavy (non-hydrogen) atoms. The summed E-state index contributed by atoms with van der Waals surface area (Å²) in [6.45, 7) is 6.57. The van der Waals surface area contributed by atoms with E-state index in [0.29, 0.717) is 5.92 Å². The average Bonchev–Trinajstić information content (AvgIpc) is 3.42. The summed E-state index contributed by atoms with van der Waals surface area (Å²) >= 11 is 6.31. The Hall–Kier alpha value is -1.54. The molecule has 5 aromatic rings. The molecule has 0 nitrogen and oxygen atoms in total. The van der Waals surface area contributed by atoms with Crippen molar-refractivity contribution in [2.24, 2.45) is 0 Å². The summed E-state index contributed by atoms with van der Waals surface area (Å²) < 4.78 is 0. The van der Waals surface area contributed by atoms with Crippen molar-refractivity contribution >= 4 is 48.7 Å². The number of hydrogen-bond donors (Lipinski definition) is 0. The zero-order valence-electron chi connectivity index (χ0n) is 21.2. The Bertz CT molecular complexity index is 1520. The topological polar surface area (TPSA) is 0 Å². The molecule has 1 unspecified atom stereocenters. The maximum Gasteiger partial charge on any atom is 3.00 e. The molecule has 1 atom stereocenters. The minimum atomic E-state index is 0. The fraction of sp³-hybridized carbons (Fsp3) is 0.156. The Morgan fingerprint density at radius 1 is 0.811 bits per heavy atom. The van der Waals surface area contributed by atoms with Gasteiger partial charge in [-0.2, -0.15) is 0 Å². The van der Waals surface area contributed by atoms with Crippen LogP contribution in [-0.4, -0.2) is 9.52 Å². The molecule has 6 rings (SSSR count). The van der Waals surface area contributed by atoms with E-state index in [1.807, 2.05) is 12.1 Å². The van der Waals surface area contributed by atoms with Crippen LogP contribution in [-0.2, 0) is 26.2 Å². The Kier molecular flexibility index (Phi) is 12.0. The third-order valence-electron chi connectivity index (χ3n) is 6.70. The van der Waals surface area contributed by atoms with Gasteiger partial charge in [-0.3, -0.25) is 0 Å². The van der Waals surface area contributed by atoms with Gasteiger partial charge in [0.05, 0.1) is 0 Å². The van der Waals surface area contributed by atoms with Gasteiger partial charge in [-0.15, -0.1) is 33.7 Å². The van der Waals surface area contributed by atoms with E-state index >= 15 is 0 Å². The molecule has 0 bridgehead atoms. The quantitative estimate of drug-likeness (QED) is 0.209. The normalized spacial score (nSPS) is 13.4. The van der Waals surface area contributed by atoms with Crippen LogP contribution in [0, 0.1) is 0 Å². The molecule has 0 aliphatic heterocycles. The second-order valence-corrected chi connectivity index (χ2v) is 10.3. The van der Waals surface area contributed by atoms with Gasteiger partial charge < -0.3 is 24.8 Å². The molecule has 0 spiro atoms. The SMILES string of the molecule is CCC1=Cc2c(-c3cccc(Cl)c3)cccc2C1c1cccc2c1[cH-]c1ccccc12.C[Si]C.[Cl-].[Cl-].[Zr+3]. The first-order valence-electron chi connectivity index (χ1n) is 11.9. The summed E-state index contributed by atoms with van der Waals surface area (Å²) in [5.41, 5.74) is 8.04. The van der Waals surface area contributed by atoms with Gasteiger partial charge in [-0.05, 0) is 40.8 Å². The summed E-state index contributed by atoms with van der Waals surface area (Å²) in [5, 5.41) is 6.15. The minimum Gasteiger partial charge on any atom is -1.00 e. The fourth-order valence-electron chi connectivity index (χ4n) is 5.30. The van der Waals surface area contributed by atoms with E-state index in [0.717, 1.165) is 21.0 Å². The molecule has 0 aromatic heterocycles. The average molecular weight is 638 g/mol. The number of allylic oxidation sites excluding steroid dienone is 1.